The maximum absolute atomic E-state index is 13.9. The van der Waals surface area contributed by atoms with Crippen LogP contribution in [0.5, 0.6) is 0 Å². The molecule has 1 atom stereocenters. The lowest BCUT2D eigenvalue weighted by molar-refractivity contribution is -0.147. The van der Waals surface area contributed by atoms with Crippen LogP contribution in [0.2, 0.25) is 0 Å². The first-order valence-corrected chi connectivity index (χ1v) is 10.7. The van der Waals surface area contributed by atoms with Crippen LogP contribution >= 0.6 is 0 Å². The van der Waals surface area contributed by atoms with Crippen LogP contribution in [-0.4, -0.2) is 83.0 Å². The van der Waals surface area contributed by atoms with E-state index in [4.69, 9.17) is 0 Å². The topological polar surface area (TPSA) is 107 Å². The summed E-state index contributed by atoms with van der Waals surface area (Å²) in [5.74, 6) is -4.97. The van der Waals surface area contributed by atoms with Crippen LogP contribution in [0, 0.1) is 17.6 Å². The van der Waals surface area contributed by atoms with Gasteiger partial charge in [0, 0.05) is 39.0 Å². The molecule has 0 unspecified atom stereocenters. The third-order valence-electron chi connectivity index (χ3n) is 5.80. The number of likely N-dealkylation sites (tertiary alicyclic amines) is 1. The summed E-state index contributed by atoms with van der Waals surface area (Å²) in [6, 6.07) is 2.05. The van der Waals surface area contributed by atoms with E-state index in [2.05, 4.69) is 5.32 Å². The largest absolute Gasteiger partial charge is 0.340 e. The molecule has 2 aliphatic heterocycles. The van der Waals surface area contributed by atoms with Gasteiger partial charge in [0.15, 0.2) is 0 Å². The third kappa shape index (κ3) is 5.35. The first-order valence-electron chi connectivity index (χ1n) is 10.7. The first-order chi connectivity index (χ1) is 15.6. The summed E-state index contributed by atoms with van der Waals surface area (Å²) in [5, 5.41) is 2.43. The molecular weight excluding hydrogens is 438 g/mol. The molecule has 2 saturated heterocycles. The molecule has 2 aliphatic rings. The van der Waals surface area contributed by atoms with Gasteiger partial charge in [-0.25, -0.2) is 8.78 Å². The van der Waals surface area contributed by atoms with Gasteiger partial charge in [0.2, 0.25) is 23.6 Å². The number of nitrogens with one attached hydrogen (secondary N) is 1. The second-order valence-electron chi connectivity index (χ2n) is 8.37. The Morgan fingerprint density at radius 3 is 1.97 bits per heavy atom. The Morgan fingerprint density at radius 1 is 0.939 bits per heavy atom. The van der Waals surface area contributed by atoms with E-state index < -0.39 is 35.1 Å². The van der Waals surface area contributed by atoms with E-state index in [1.54, 1.807) is 13.8 Å². The van der Waals surface area contributed by atoms with Gasteiger partial charge in [-0.1, -0.05) is 19.9 Å². The van der Waals surface area contributed by atoms with Crippen molar-refractivity contribution in [3.05, 3.63) is 35.4 Å². The molecule has 0 aromatic heterocycles. The SMILES string of the molecule is CC(C)[C@H](NC(=O)c1c(F)cccc1F)C(=O)N1CCN(C(=O)CN2C(=O)CCC2=O)CC1. The molecule has 11 heteroatoms. The molecule has 1 aromatic rings. The van der Waals surface area contributed by atoms with Crippen LogP contribution in [0.15, 0.2) is 18.2 Å². The van der Waals surface area contributed by atoms with Crippen LogP contribution in [0.4, 0.5) is 8.78 Å². The van der Waals surface area contributed by atoms with Gasteiger partial charge in [-0.05, 0) is 18.1 Å². The fraction of sp³-hybridized carbons (Fsp3) is 0.500. The number of amides is 5. The summed E-state index contributed by atoms with van der Waals surface area (Å²) < 4.78 is 27.9. The summed E-state index contributed by atoms with van der Waals surface area (Å²) in [6.07, 6.45) is 0.209. The molecule has 0 aliphatic carbocycles. The van der Waals surface area contributed by atoms with Gasteiger partial charge in [-0.3, -0.25) is 28.9 Å². The highest BCUT2D eigenvalue weighted by Crippen LogP contribution is 2.16. The molecule has 33 heavy (non-hydrogen) atoms. The number of rotatable bonds is 6. The van der Waals surface area contributed by atoms with Gasteiger partial charge < -0.3 is 15.1 Å². The zero-order valence-electron chi connectivity index (χ0n) is 18.5. The molecule has 0 radical (unpaired) electrons. The van der Waals surface area contributed by atoms with Gasteiger partial charge in [-0.2, -0.15) is 0 Å². The van der Waals surface area contributed by atoms with Crippen LogP contribution in [0.25, 0.3) is 0 Å². The molecular formula is C22H26F2N4O5. The van der Waals surface area contributed by atoms with Crippen molar-refractivity contribution in [2.75, 3.05) is 32.7 Å². The number of hydrogen-bond donors (Lipinski definition) is 1. The standard InChI is InChI=1S/C22H26F2N4O5/c1-13(2)20(25-21(32)19-14(23)4-3-5-15(19)24)22(33)27-10-8-26(9-11-27)18(31)12-28-16(29)6-7-17(28)30/h3-5,13,20H,6-12H2,1-2H3,(H,25,32)/t20-/m0/s1. The molecule has 0 bridgehead atoms. The maximum atomic E-state index is 13.9. The van der Waals surface area contributed by atoms with Crippen molar-refractivity contribution in [3.63, 3.8) is 0 Å². The van der Waals surface area contributed by atoms with Crippen molar-refractivity contribution in [1.82, 2.24) is 20.0 Å². The predicted molar refractivity (Wildman–Crippen MR) is 112 cm³/mol. The number of imide groups is 1. The molecule has 2 fully saturated rings. The lowest BCUT2D eigenvalue weighted by atomic mass is 10.0. The first kappa shape index (κ1) is 24.3. The van der Waals surface area contributed by atoms with Crippen LogP contribution in [0.1, 0.15) is 37.0 Å². The molecule has 1 aromatic carbocycles. The smallest absolute Gasteiger partial charge is 0.257 e. The van der Waals surface area contributed by atoms with Crippen molar-refractivity contribution in [2.24, 2.45) is 5.92 Å². The normalized spacial score (nSPS) is 17.5. The zero-order chi connectivity index (χ0) is 24.3. The fourth-order valence-electron chi connectivity index (χ4n) is 3.85. The molecule has 1 N–H and O–H groups in total. The molecule has 9 nitrogen and oxygen atoms in total. The van der Waals surface area contributed by atoms with Gasteiger partial charge in [0.1, 0.15) is 29.8 Å². The van der Waals surface area contributed by atoms with Crippen LogP contribution < -0.4 is 5.32 Å². The molecule has 0 saturated carbocycles. The average molecular weight is 464 g/mol. The minimum atomic E-state index is -1.02. The number of carbonyl (C=O) groups is 5. The van der Waals surface area contributed by atoms with Gasteiger partial charge in [0.25, 0.3) is 5.91 Å². The van der Waals surface area contributed by atoms with Gasteiger partial charge >= 0.3 is 0 Å². The maximum Gasteiger partial charge on any atom is 0.257 e. The number of nitrogens with zero attached hydrogens (tertiary/aromatic N) is 3. The molecule has 0 spiro atoms. The highest BCUT2D eigenvalue weighted by molar-refractivity contribution is 6.04. The average Bonchev–Trinajstić information content (AvgIpc) is 3.08. The summed E-state index contributed by atoms with van der Waals surface area (Å²) >= 11 is 0. The Bertz CT molecular complexity index is 939. The van der Waals surface area contributed by atoms with Crippen molar-refractivity contribution < 1.29 is 32.8 Å². The van der Waals surface area contributed by atoms with E-state index in [0.717, 1.165) is 23.1 Å². The minimum Gasteiger partial charge on any atom is -0.340 e. The lowest BCUT2D eigenvalue weighted by Crippen LogP contribution is -2.58. The Morgan fingerprint density at radius 2 is 1.45 bits per heavy atom. The zero-order valence-corrected chi connectivity index (χ0v) is 18.5. The summed E-state index contributed by atoms with van der Waals surface area (Å²) in [7, 11) is 0. The second kappa shape index (κ2) is 10.1. The van der Waals surface area contributed by atoms with Gasteiger partial charge in [-0.15, -0.1) is 0 Å². The fourth-order valence-corrected chi connectivity index (χ4v) is 3.85. The van der Waals surface area contributed by atoms with Crippen molar-refractivity contribution in [1.29, 1.82) is 0 Å². The van der Waals surface area contributed by atoms with Crippen LogP contribution in [-0.2, 0) is 19.2 Å². The number of halogens is 2. The Balaban J connectivity index is 1.59. The van der Waals surface area contributed by atoms with Gasteiger partial charge in [0.05, 0.1) is 0 Å². The number of hydrogen-bond acceptors (Lipinski definition) is 5. The van der Waals surface area contributed by atoms with E-state index in [-0.39, 0.29) is 69.2 Å². The van der Waals surface area contributed by atoms with E-state index in [1.807, 2.05) is 0 Å². The number of carbonyl (C=O) groups excluding carboxylic acids is 5. The van der Waals surface area contributed by atoms with E-state index in [9.17, 15) is 32.8 Å². The minimum absolute atomic E-state index is 0.105. The quantitative estimate of drug-likeness (QED) is 0.619. The van der Waals surface area contributed by atoms with E-state index in [1.165, 1.54) is 9.80 Å². The molecule has 178 valence electrons. The molecule has 2 heterocycles. The Hall–Kier alpha value is -3.37. The highest BCUT2D eigenvalue weighted by Gasteiger charge is 2.35. The second-order valence-corrected chi connectivity index (χ2v) is 8.37. The van der Waals surface area contributed by atoms with E-state index in [0.29, 0.717) is 0 Å². The van der Waals surface area contributed by atoms with E-state index >= 15 is 0 Å². The third-order valence-corrected chi connectivity index (χ3v) is 5.80. The highest BCUT2D eigenvalue weighted by atomic mass is 19.1. The number of piperazine rings is 1. The number of benzene rings is 1. The lowest BCUT2D eigenvalue weighted by Gasteiger charge is -2.37. The monoisotopic (exact) mass is 464 g/mol. The van der Waals surface area contributed by atoms with Crippen molar-refractivity contribution in [2.45, 2.75) is 32.7 Å². The Kier molecular flexibility index (Phi) is 7.39. The molecule has 5 amide bonds. The van der Waals surface area contributed by atoms with Crippen LogP contribution in [0.3, 0.4) is 0 Å². The summed E-state index contributed by atoms with van der Waals surface area (Å²) in [4.78, 5) is 65.3. The Labute approximate surface area is 189 Å². The van der Waals surface area contributed by atoms with Crippen molar-refractivity contribution >= 4 is 29.5 Å². The summed E-state index contributed by atoms with van der Waals surface area (Å²) in [5.41, 5.74) is -0.752. The predicted octanol–water partition coefficient (Wildman–Crippen LogP) is 0.539. The summed E-state index contributed by atoms with van der Waals surface area (Å²) in [6.45, 7) is 3.83. The molecule has 3 rings (SSSR count). The van der Waals surface area contributed by atoms with Crippen molar-refractivity contribution in [3.8, 4) is 0 Å².